The fourth-order valence-electron chi connectivity index (χ4n) is 2.23. The Kier molecular flexibility index (Phi) is 4.40. The fraction of sp³-hybridized carbons (Fsp3) is 0.467. The molecule has 0 spiro atoms. The molecular formula is C15H18N2O2. The van der Waals surface area contributed by atoms with E-state index < -0.39 is 6.10 Å². The average molecular weight is 258 g/mol. The van der Waals surface area contributed by atoms with E-state index in [-0.39, 0.29) is 5.91 Å². The molecule has 1 atom stereocenters. The van der Waals surface area contributed by atoms with E-state index in [9.17, 15) is 4.79 Å². The van der Waals surface area contributed by atoms with E-state index in [0.717, 1.165) is 31.5 Å². The third-order valence-corrected chi connectivity index (χ3v) is 3.28. The van der Waals surface area contributed by atoms with Crippen molar-refractivity contribution < 1.29 is 9.53 Å². The lowest BCUT2D eigenvalue weighted by Crippen LogP contribution is -2.38. The summed E-state index contributed by atoms with van der Waals surface area (Å²) in [4.78, 5) is 13.9. The minimum absolute atomic E-state index is 0.0543. The van der Waals surface area contributed by atoms with E-state index in [4.69, 9.17) is 10.00 Å². The number of hydrogen-bond donors (Lipinski definition) is 0. The molecule has 0 N–H and O–H groups in total. The Bertz CT molecular complexity index is 470. The summed E-state index contributed by atoms with van der Waals surface area (Å²) < 4.78 is 5.65. The monoisotopic (exact) mass is 258 g/mol. The Hall–Kier alpha value is -2.02. The lowest BCUT2D eigenvalue weighted by atomic mass is 10.2. The van der Waals surface area contributed by atoms with Gasteiger partial charge in [0.15, 0.2) is 6.10 Å². The van der Waals surface area contributed by atoms with Crippen LogP contribution in [0.3, 0.4) is 0 Å². The van der Waals surface area contributed by atoms with Crippen molar-refractivity contribution in [2.45, 2.75) is 32.3 Å². The van der Waals surface area contributed by atoms with Crippen LogP contribution >= 0.6 is 0 Å². The number of amides is 1. The van der Waals surface area contributed by atoms with E-state index in [1.807, 2.05) is 17.0 Å². The van der Waals surface area contributed by atoms with E-state index in [0.29, 0.717) is 12.2 Å². The van der Waals surface area contributed by atoms with Crippen molar-refractivity contribution in [3.05, 3.63) is 29.8 Å². The van der Waals surface area contributed by atoms with Gasteiger partial charge in [-0.05, 0) is 37.5 Å². The number of nitrogens with zero attached hydrogens (tertiary/aromatic N) is 2. The zero-order chi connectivity index (χ0) is 13.7. The maximum absolute atomic E-state index is 12.1. The van der Waals surface area contributed by atoms with Gasteiger partial charge in [-0.2, -0.15) is 5.26 Å². The molecule has 1 saturated heterocycles. The largest absolute Gasteiger partial charge is 0.481 e. The molecule has 0 radical (unpaired) electrons. The predicted octanol–water partition coefficient (Wildman–Crippen LogP) is 2.14. The molecule has 1 aliphatic rings. The first-order valence-electron chi connectivity index (χ1n) is 6.62. The molecule has 0 aromatic heterocycles. The van der Waals surface area contributed by atoms with E-state index >= 15 is 0 Å². The van der Waals surface area contributed by atoms with Crippen molar-refractivity contribution >= 4 is 5.91 Å². The molecule has 1 fully saturated rings. The highest BCUT2D eigenvalue weighted by atomic mass is 16.5. The van der Waals surface area contributed by atoms with Gasteiger partial charge in [0, 0.05) is 13.1 Å². The van der Waals surface area contributed by atoms with Crippen LogP contribution in [0, 0.1) is 11.3 Å². The molecular weight excluding hydrogens is 240 g/mol. The molecule has 19 heavy (non-hydrogen) atoms. The Morgan fingerprint density at radius 1 is 1.37 bits per heavy atom. The van der Waals surface area contributed by atoms with E-state index in [1.165, 1.54) is 0 Å². The summed E-state index contributed by atoms with van der Waals surface area (Å²) >= 11 is 0. The maximum atomic E-state index is 12.1. The number of benzene rings is 1. The second-order valence-corrected chi connectivity index (χ2v) is 4.77. The van der Waals surface area contributed by atoms with Gasteiger partial charge in [-0.15, -0.1) is 0 Å². The molecule has 0 aliphatic carbocycles. The molecule has 4 heteroatoms. The number of hydrogen-bond acceptors (Lipinski definition) is 3. The van der Waals surface area contributed by atoms with Crippen molar-refractivity contribution in [3.63, 3.8) is 0 Å². The van der Waals surface area contributed by atoms with Gasteiger partial charge in [0.2, 0.25) is 0 Å². The number of nitriles is 1. The molecule has 0 bridgehead atoms. The molecule has 1 aliphatic heterocycles. The Labute approximate surface area is 113 Å². The van der Waals surface area contributed by atoms with Crippen LogP contribution in [0.15, 0.2) is 24.3 Å². The van der Waals surface area contributed by atoms with Crippen molar-refractivity contribution in [1.29, 1.82) is 5.26 Å². The molecule has 2 rings (SSSR count). The van der Waals surface area contributed by atoms with Crippen LogP contribution in [-0.2, 0) is 11.2 Å². The van der Waals surface area contributed by atoms with Crippen LogP contribution in [-0.4, -0.2) is 30.0 Å². The predicted molar refractivity (Wildman–Crippen MR) is 71.7 cm³/mol. The number of carbonyl (C=O) groups is 1. The Balaban J connectivity index is 1.92. The summed E-state index contributed by atoms with van der Waals surface area (Å²) in [5.41, 5.74) is 0.952. The van der Waals surface area contributed by atoms with Gasteiger partial charge < -0.3 is 9.64 Å². The second-order valence-electron chi connectivity index (χ2n) is 4.77. The van der Waals surface area contributed by atoms with Crippen molar-refractivity contribution in [1.82, 2.24) is 4.90 Å². The molecule has 1 aromatic carbocycles. The first-order valence-corrected chi connectivity index (χ1v) is 6.62. The van der Waals surface area contributed by atoms with Gasteiger partial charge in [-0.25, -0.2) is 0 Å². The quantitative estimate of drug-likeness (QED) is 0.831. The fourth-order valence-corrected chi connectivity index (χ4v) is 2.23. The molecule has 1 unspecified atom stereocenters. The van der Waals surface area contributed by atoms with Crippen LogP contribution in [0.5, 0.6) is 5.75 Å². The normalized spacial score (nSPS) is 15.9. The zero-order valence-corrected chi connectivity index (χ0v) is 11.1. The van der Waals surface area contributed by atoms with Crippen LogP contribution in [0.1, 0.15) is 25.3 Å². The first kappa shape index (κ1) is 13.4. The summed E-state index contributed by atoms with van der Waals surface area (Å²) in [6.45, 7) is 3.46. The minimum atomic E-state index is -0.458. The summed E-state index contributed by atoms with van der Waals surface area (Å²) in [6, 6.07) is 9.42. The average Bonchev–Trinajstić information content (AvgIpc) is 2.94. The molecule has 1 heterocycles. The summed E-state index contributed by atoms with van der Waals surface area (Å²) in [5, 5.41) is 8.60. The summed E-state index contributed by atoms with van der Waals surface area (Å²) in [6.07, 6.45) is 2.10. The molecule has 0 saturated carbocycles. The maximum Gasteiger partial charge on any atom is 0.263 e. The van der Waals surface area contributed by atoms with Crippen molar-refractivity contribution in [2.24, 2.45) is 0 Å². The van der Waals surface area contributed by atoms with Gasteiger partial charge >= 0.3 is 0 Å². The van der Waals surface area contributed by atoms with Gasteiger partial charge in [0.25, 0.3) is 5.91 Å². The number of carbonyl (C=O) groups excluding carboxylic acids is 1. The smallest absolute Gasteiger partial charge is 0.263 e. The first-order chi connectivity index (χ1) is 9.20. The summed E-state index contributed by atoms with van der Waals surface area (Å²) in [7, 11) is 0. The van der Waals surface area contributed by atoms with Crippen LogP contribution in [0.2, 0.25) is 0 Å². The Morgan fingerprint density at radius 3 is 2.58 bits per heavy atom. The van der Waals surface area contributed by atoms with Crippen LogP contribution in [0.25, 0.3) is 0 Å². The lowest BCUT2D eigenvalue weighted by Gasteiger charge is -2.21. The van der Waals surface area contributed by atoms with Crippen LogP contribution < -0.4 is 4.74 Å². The third-order valence-electron chi connectivity index (χ3n) is 3.28. The molecule has 1 aromatic rings. The van der Waals surface area contributed by atoms with Crippen molar-refractivity contribution in [2.75, 3.05) is 13.1 Å². The number of rotatable bonds is 4. The van der Waals surface area contributed by atoms with Gasteiger partial charge in [-0.3, -0.25) is 4.79 Å². The number of likely N-dealkylation sites (tertiary alicyclic amines) is 1. The number of ether oxygens (including phenoxy) is 1. The lowest BCUT2D eigenvalue weighted by molar-refractivity contribution is -0.136. The SMILES string of the molecule is CC(Oc1ccc(CC#N)cc1)C(=O)N1CCCC1. The van der Waals surface area contributed by atoms with Crippen molar-refractivity contribution in [3.8, 4) is 11.8 Å². The van der Waals surface area contributed by atoms with Gasteiger partial charge in [0.1, 0.15) is 5.75 Å². The third kappa shape index (κ3) is 3.47. The molecule has 4 nitrogen and oxygen atoms in total. The van der Waals surface area contributed by atoms with E-state index in [1.54, 1.807) is 19.1 Å². The minimum Gasteiger partial charge on any atom is -0.481 e. The van der Waals surface area contributed by atoms with Crippen LogP contribution in [0.4, 0.5) is 0 Å². The van der Waals surface area contributed by atoms with Gasteiger partial charge in [-0.1, -0.05) is 12.1 Å². The highest BCUT2D eigenvalue weighted by Crippen LogP contribution is 2.16. The second kappa shape index (κ2) is 6.24. The van der Waals surface area contributed by atoms with E-state index in [2.05, 4.69) is 6.07 Å². The summed E-state index contributed by atoms with van der Waals surface area (Å²) in [5.74, 6) is 0.723. The highest BCUT2D eigenvalue weighted by molar-refractivity contribution is 5.81. The van der Waals surface area contributed by atoms with Gasteiger partial charge in [0.05, 0.1) is 12.5 Å². The molecule has 1 amide bonds. The Morgan fingerprint density at radius 2 is 2.00 bits per heavy atom. The zero-order valence-electron chi connectivity index (χ0n) is 11.1. The standard InChI is InChI=1S/C15H18N2O2/c1-12(15(18)17-10-2-3-11-17)19-14-6-4-13(5-7-14)8-9-16/h4-7,12H,2-3,8,10-11H2,1H3. The highest BCUT2D eigenvalue weighted by Gasteiger charge is 2.24. The molecule has 100 valence electrons. The topological polar surface area (TPSA) is 53.3 Å².